The first kappa shape index (κ1) is 18.7. The summed E-state index contributed by atoms with van der Waals surface area (Å²) in [5.74, 6) is -0.0612. The van der Waals surface area contributed by atoms with Crippen LogP contribution in [0.1, 0.15) is 51.8 Å². The van der Waals surface area contributed by atoms with Crippen LogP contribution in [0.4, 0.5) is 0 Å². The molecule has 1 amide bonds. The molecule has 1 fully saturated rings. The molecule has 0 bridgehead atoms. The zero-order chi connectivity index (χ0) is 18.9. The molecule has 3 rings (SSSR count). The van der Waals surface area contributed by atoms with Gasteiger partial charge in [0.2, 0.25) is 5.91 Å². The molecule has 0 aromatic heterocycles. The second-order valence-electron chi connectivity index (χ2n) is 7.80. The Hall–Kier alpha value is -2.11. The quantitative estimate of drug-likeness (QED) is 0.861. The van der Waals surface area contributed by atoms with Crippen LogP contribution in [0.15, 0.2) is 54.6 Å². The average molecular weight is 351 g/mol. The zero-order valence-corrected chi connectivity index (χ0v) is 16.1. The van der Waals surface area contributed by atoms with E-state index < -0.39 is 0 Å². The number of hydrogen-bond donors (Lipinski definition) is 1. The van der Waals surface area contributed by atoms with E-state index in [4.69, 9.17) is 9.31 Å². The summed E-state index contributed by atoms with van der Waals surface area (Å²) in [4.78, 5) is 11.7. The fraction of sp³-hybridized carbons (Fsp3) is 0.381. The maximum absolute atomic E-state index is 11.7. The Morgan fingerprint density at radius 2 is 1.38 bits per heavy atom. The van der Waals surface area contributed by atoms with Crippen LogP contribution in [-0.4, -0.2) is 24.2 Å². The van der Waals surface area contributed by atoms with Crippen molar-refractivity contribution in [1.82, 2.24) is 5.32 Å². The lowest BCUT2D eigenvalue weighted by atomic mass is 9.78. The Kier molecular flexibility index (Phi) is 4.95. The molecule has 1 N–H and O–H groups in total. The predicted molar refractivity (Wildman–Crippen MR) is 104 cm³/mol. The highest BCUT2D eigenvalue weighted by molar-refractivity contribution is 6.62. The number of nitrogens with one attached hydrogen (secondary N) is 1. The number of benzene rings is 2. The van der Waals surface area contributed by atoms with Gasteiger partial charge in [0.15, 0.2) is 0 Å². The lowest BCUT2D eigenvalue weighted by Gasteiger charge is -2.32. The maximum Gasteiger partial charge on any atom is 0.494 e. The topological polar surface area (TPSA) is 47.6 Å². The van der Waals surface area contributed by atoms with E-state index in [0.29, 0.717) is 0 Å². The van der Waals surface area contributed by atoms with Gasteiger partial charge < -0.3 is 14.6 Å². The highest BCUT2D eigenvalue weighted by Crippen LogP contribution is 2.36. The standard InChI is InChI=1S/C21H26BNO3/c1-15(24)23-19(16-9-7-6-8-10-16)17-11-13-18(14-12-17)22-25-20(2,3)21(4,5)26-22/h6-14,19H,1-5H3,(H,23,24)/t19-/m0/s1. The molecule has 0 spiro atoms. The van der Waals surface area contributed by atoms with Crippen LogP contribution < -0.4 is 10.8 Å². The van der Waals surface area contributed by atoms with Gasteiger partial charge >= 0.3 is 7.12 Å². The number of carbonyl (C=O) groups is 1. The van der Waals surface area contributed by atoms with Crippen molar-refractivity contribution < 1.29 is 14.1 Å². The molecule has 1 heterocycles. The van der Waals surface area contributed by atoms with Crippen molar-refractivity contribution in [3.8, 4) is 0 Å². The predicted octanol–water partition coefficient (Wildman–Crippen LogP) is 3.21. The van der Waals surface area contributed by atoms with Gasteiger partial charge in [-0.25, -0.2) is 0 Å². The Bertz CT molecular complexity index is 756. The SMILES string of the molecule is CC(=O)N[C@@H](c1ccccc1)c1ccc(B2OC(C)(C)C(C)(C)O2)cc1. The molecule has 1 saturated heterocycles. The summed E-state index contributed by atoms with van der Waals surface area (Å²) >= 11 is 0. The van der Waals surface area contributed by atoms with E-state index in [0.717, 1.165) is 16.6 Å². The Morgan fingerprint density at radius 1 is 0.885 bits per heavy atom. The molecular weight excluding hydrogens is 325 g/mol. The fourth-order valence-corrected chi connectivity index (χ4v) is 3.03. The smallest absolute Gasteiger partial charge is 0.399 e. The lowest BCUT2D eigenvalue weighted by molar-refractivity contribution is -0.119. The first-order valence-corrected chi connectivity index (χ1v) is 8.97. The third-order valence-corrected chi connectivity index (χ3v) is 5.28. The average Bonchev–Trinajstić information content (AvgIpc) is 2.81. The van der Waals surface area contributed by atoms with Crippen LogP contribution in [0.25, 0.3) is 0 Å². The van der Waals surface area contributed by atoms with Crippen molar-refractivity contribution in [2.45, 2.75) is 51.9 Å². The first-order chi connectivity index (χ1) is 12.2. The monoisotopic (exact) mass is 351 g/mol. The Morgan fingerprint density at radius 3 is 1.88 bits per heavy atom. The Labute approximate surface area is 156 Å². The van der Waals surface area contributed by atoms with E-state index >= 15 is 0 Å². The fourth-order valence-electron chi connectivity index (χ4n) is 3.03. The molecule has 136 valence electrons. The van der Waals surface area contributed by atoms with E-state index in [1.807, 2.05) is 82.3 Å². The van der Waals surface area contributed by atoms with Crippen molar-refractivity contribution in [1.29, 1.82) is 0 Å². The van der Waals surface area contributed by atoms with Crippen LogP contribution in [-0.2, 0) is 14.1 Å². The summed E-state index contributed by atoms with van der Waals surface area (Å²) in [5.41, 5.74) is 2.32. The van der Waals surface area contributed by atoms with Crippen molar-refractivity contribution >= 4 is 18.5 Å². The van der Waals surface area contributed by atoms with Crippen molar-refractivity contribution in [2.75, 3.05) is 0 Å². The lowest BCUT2D eigenvalue weighted by Crippen LogP contribution is -2.41. The van der Waals surface area contributed by atoms with Gasteiger partial charge in [-0.3, -0.25) is 4.79 Å². The van der Waals surface area contributed by atoms with Crippen LogP contribution in [0, 0.1) is 0 Å². The Balaban J connectivity index is 1.85. The number of hydrogen-bond acceptors (Lipinski definition) is 3. The molecule has 0 radical (unpaired) electrons. The molecule has 26 heavy (non-hydrogen) atoms. The molecule has 1 aliphatic heterocycles. The number of rotatable bonds is 4. The summed E-state index contributed by atoms with van der Waals surface area (Å²) in [6, 6.07) is 17.8. The summed E-state index contributed by atoms with van der Waals surface area (Å²) < 4.78 is 12.2. The normalized spacial score (nSPS) is 19.2. The third kappa shape index (κ3) is 3.69. The molecule has 2 aromatic rings. The minimum Gasteiger partial charge on any atom is -0.399 e. The van der Waals surface area contributed by atoms with E-state index in [9.17, 15) is 4.79 Å². The third-order valence-electron chi connectivity index (χ3n) is 5.28. The van der Waals surface area contributed by atoms with Crippen LogP contribution in [0.5, 0.6) is 0 Å². The highest BCUT2D eigenvalue weighted by Gasteiger charge is 2.51. The zero-order valence-electron chi connectivity index (χ0n) is 16.1. The summed E-state index contributed by atoms with van der Waals surface area (Å²) in [5, 5.41) is 3.03. The van der Waals surface area contributed by atoms with Crippen molar-refractivity contribution in [2.24, 2.45) is 0 Å². The highest BCUT2D eigenvalue weighted by atomic mass is 16.7. The summed E-state index contributed by atoms with van der Waals surface area (Å²) in [7, 11) is -0.384. The van der Waals surface area contributed by atoms with Crippen molar-refractivity contribution in [3.63, 3.8) is 0 Å². The summed E-state index contributed by atoms with van der Waals surface area (Å²) in [6.45, 7) is 9.72. The molecule has 2 aromatic carbocycles. The van der Waals surface area contributed by atoms with Gasteiger partial charge in [-0.05, 0) is 44.3 Å². The van der Waals surface area contributed by atoms with Crippen LogP contribution in [0.3, 0.4) is 0 Å². The minimum absolute atomic E-state index is 0.0612. The molecule has 4 nitrogen and oxygen atoms in total. The van der Waals surface area contributed by atoms with Gasteiger partial charge in [-0.15, -0.1) is 0 Å². The molecule has 5 heteroatoms. The maximum atomic E-state index is 11.7. The van der Waals surface area contributed by atoms with Gasteiger partial charge in [0, 0.05) is 6.92 Å². The van der Waals surface area contributed by atoms with Crippen LogP contribution in [0.2, 0.25) is 0 Å². The summed E-state index contributed by atoms with van der Waals surface area (Å²) in [6.07, 6.45) is 0. The van der Waals surface area contributed by atoms with Gasteiger partial charge in [-0.2, -0.15) is 0 Å². The minimum atomic E-state index is -0.384. The second kappa shape index (κ2) is 6.90. The van der Waals surface area contributed by atoms with Crippen LogP contribution >= 0.6 is 0 Å². The number of carbonyl (C=O) groups excluding carboxylic acids is 1. The van der Waals surface area contributed by atoms with Gasteiger partial charge in [0.25, 0.3) is 0 Å². The van der Waals surface area contributed by atoms with E-state index in [1.165, 1.54) is 6.92 Å². The van der Waals surface area contributed by atoms with E-state index in [-0.39, 0.29) is 30.3 Å². The first-order valence-electron chi connectivity index (χ1n) is 8.97. The molecule has 0 aliphatic carbocycles. The van der Waals surface area contributed by atoms with Gasteiger partial charge in [0.05, 0.1) is 17.2 Å². The molecular formula is C21H26BNO3. The van der Waals surface area contributed by atoms with Gasteiger partial charge in [-0.1, -0.05) is 54.6 Å². The van der Waals surface area contributed by atoms with E-state index in [2.05, 4.69) is 5.32 Å². The van der Waals surface area contributed by atoms with Crippen molar-refractivity contribution in [3.05, 3.63) is 65.7 Å². The molecule has 1 atom stereocenters. The molecule has 0 unspecified atom stereocenters. The molecule has 1 aliphatic rings. The largest absolute Gasteiger partial charge is 0.494 e. The second-order valence-corrected chi connectivity index (χ2v) is 7.80. The van der Waals surface area contributed by atoms with E-state index in [1.54, 1.807) is 0 Å². The van der Waals surface area contributed by atoms with Gasteiger partial charge in [0.1, 0.15) is 0 Å². The molecule has 0 saturated carbocycles. The number of amides is 1.